The lowest BCUT2D eigenvalue weighted by molar-refractivity contribution is -0.127. The summed E-state index contributed by atoms with van der Waals surface area (Å²) in [6.45, 7) is 0.786. The van der Waals surface area contributed by atoms with Gasteiger partial charge in [0, 0.05) is 24.6 Å². The Balaban J connectivity index is 1.47. The second-order valence-corrected chi connectivity index (χ2v) is 9.98. The third kappa shape index (κ3) is 6.29. The molecule has 5 rings (SSSR count). The van der Waals surface area contributed by atoms with E-state index >= 15 is 0 Å². The molecule has 3 atom stereocenters. The fraction of sp³-hybridized carbons (Fsp3) is 0.212. The predicted molar refractivity (Wildman–Crippen MR) is 154 cm³/mol. The maximum atomic E-state index is 14.0. The van der Waals surface area contributed by atoms with Crippen LogP contribution in [0.2, 0.25) is 0 Å². The highest BCUT2D eigenvalue weighted by Crippen LogP contribution is 2.35. The van der Waals surface area contributed by atoms with Crippen molar-refractivity contribution < 1.29 is 23.8 Å². The van der Waals surface area contributed by atoms with E-state index < -0.39 is 41.7 Å². The smallest absolute Gasteiger partial charge is 0.254 e. The van der Waals surface area contributed by atoms with Crippen molar-refractivity contribution in [2.75, 3.05) is 19.7 Å². The number of carbonyl (C=O) groups excluding carboxylic acids is 2. The Hall–Kier alpha value is -4.53. The summed E-state index contributed by atoms with van der Waals surface area (Å²) in [7, 11) is 0. The molecule has 4 aromatic carbocycles. The normalized spacial score (nSPS) is 18.3. The van der Waals surface area contributed by atoms with E-state index in [1.165, 1.54) is 17.0 Å². The summed E-state index contributed by atoms with van der Waals surface area (Å²) in [5.41, 5.74) is 8.21. The molecule has 0 aromatic heterocycles. The number of ether oxygens (including phenoxy) is 1. The highest BCUT2D eigenvalue weighted by molar-refractivity contribution is 5.98. The number of likely N-dealkylation sites (tertiary alicyclic amines) is 1. The molecular formula is C33H32FN3O4. The molecule has 1 heterocycles. The van der Waals surface area contributed by atoms with Gasteiger partial charge in [-0.15, -0.1) is 0 Å². The summed E-state index contributed by atoms with van der Waals surface area (Å²) in [6.07, 6.45) is -1.22. The molecule has 7 nitrogen and oxygen atoms in total. The van der Waals surface area contributed by atoms with Crippen molar-refractivity contribution in [2.24, 2.45) is 5.73 Å². The molecule has 0 bridgehead atoms. The molecule has 0 radical (unpaired) electrons. The number of hydrogen-bond acceptors (Lipinski definition) is 5. The summed E-state index contributed by atoms with van der Waals surface area (Å²) in [6, 6.07) is 29.7. The predicted octanol–water partition coefficient (Wildman–Crippen LogP) is 4.04. The lowest BCUT2D eigenvalue weighted by atomic mass is 9.92. The highest BCUT2D eigenvalue weighted by atomic mass is 19.1. The van der Waals surface area contributed by atoms with Crippen molar-refractivity contribution in [3.05, 3.63) is 137 Å². The van der Waals surface area contributed by atoms with Gasteiger partial charge in [-0.05, 0) is 53.1 Å². The average Bonchev–Trinajstić information content (AvgIpc) is 3.36. The molecule has 1 fully saturated rings. The van der Waals surface area contributed by atoms with Crippen LogP contribution >= 0.6 is 0 Å². The zero-order valence-corrected chi connectivity index (χ0v) is 22.4. The molecule has 1 aliphatic heterocycles. The standard InChI is InChI=1S/C33H32FN3O4/c34-26-15-11-22(12-16-26)28-21-37(33(40)25-13-17-27(18-14-25)41-20-19-35)30(31(28)38)32(39)36-29(23-7-3-1-4-8-23)24-9-5-2-6-10-24/h1-18,28-31,38H,19-21,35H2,(H,36,39)/t28-,30+,31-/m1/s1. The Labute approximate surface area is 238 Å². The van der Waals surface area contributed by atoms with Gasteiger partial charge in [0.25, 0.3) is 5.91 Å². The molecular weight excluding hydrogens is 521 g/mol. The second-order valence-electron chi connectivity index (χ2n) is 9.98. The van der Waals surface area contributed by atoms with Crippen LogP contribution in [0, 0.1) is 5.82 Å². The van der Waals surface area contributed by atoms with Crippen LogP contribution in [-0.4, -0.2) is 53.7 Å². The SMILES string of the molecule is NCCOc1ccc(C(=O)N2C[C@H](c3ccc(F)cc3)[C@@H](O)[C@H]2C(=O)NC(c2ccccc2)c2ccccc2)cc1. The van der Waals surface area contributed by atoms with E-state index in [4.69, 9.17) is 10.5 Å². The quantitative estimate of drug-likeness (QED) is 0.290. The Bertz CT molecular complexity index is 1410. The van der Waals surface area contributed by atoms with E-state index in [1.54, 1.807) is 36.4 Å². The summed E-state index contributed by atoms with van der Waals surface area (Å²) < 4.78 is 19.2. The van der Waals surface area contributed by atoms with Crippen molar-refractivity contribution in [3.8, 4) is 5.75 Å². The molecule has 0 saturated carbocycles. The summed E-state index contributed by atoms with van der Waals surface area (Å²) in [5, 5.41) is 14.6. The van der Waals surface area contributed by atoms with E-state index in [1.807, 2.05) is 60.7 Å². The maximum Gasteiger partial charge on any atom is 0.254 e. The topological polar surface area (TPSA) is 105 Å². The first-order valence-electron chi connectivity index (χ1n) is 13.5. The van der Waals surface area contributed by atoms with E-state index in [-0.39, 0.29) is 6.54 Å². The lowest BCUT2D eigenvalue weighted by Gasteiger charge is -2.28. The Morgan fingerprint density at radius 3 is 2.05 bits per heavy atom. The zero-order valence-electron chi connectivity index (χ0n) is 22.4. The number of hydrogen-bond donors (Lipinski definition) is 3. The van der Waals surface area contributed by atoms with Crippen molar-refractivity contribution >= 4 is 11.8 Å². The van der Waals surface area contributed by atoms with Crippen molar-refractivity contribution in [1.29, 1.82) is 0 Å². The van der Waals surface area contributed by atoms with Gasteiger partial charge in [-0.2, -0.15) is 0 Å². The first kappa shape index (κ1) is 28.0. The van der Waals surface area contributed by atoms with Crippen LogP contribution in [0.5, 0.6) is 5.75 Å². The number of halogens is 1. The van der Waals surface area contributed by atoms with E-state index in [9.17, 15) is 19.1 Å². The minimum absolute atomic E-state index is 0.0798. The minimum atomic E-state index is -1.22. The van der Waals surface area contributed by atoms with Crippen molar-refractivity contribution in [3.63, 3.8) is 0 Å². The summed E-state index contributed by atoms with van der Waals surface area (Å²) in [5.74, 6) is -1.32. The third-order valence-corrected chi connectivity index (χ3v) is 7.33. The van der Waals surface area contributed by atoms with E-state index in [2.05, 4.69) is 5.32 Å². The Morgan fingerprint density at radius 2 is 1.49 bits per heavy atom. The van der Waals surface area contributed by atoms with Gasteiger partial charge >= 0.3 is 0 Å². The van der Waals surface area contributed by atoms with Crippen LogP contribution in [-0.2, 0) is 4.79 Å². The highest BCUT2D eigenvalue weighted by Gasteiger charge is 2.48. The number of rotatable bonds is 9. The molecule has 4 aromatic rings. The maximum absolute atomic E-state index is 14.0. The Kier molecular flexibility index (Phi) is 8.72. The number of nitrogens with one attached hydrogen (secondary N) is 1. The van der Waals surface area contributed by atoms with Gasteiger partial charge in [0.05, 0.1) is 12.1 Å². The number of aliphatic hydroxyl groups excluding tert-OH is 1. The van der Waals surface area contributed by atoms with Crippen LogP contribution in [0.25, 0.3) is 0 Å². The first-order valence-corrected chi connectivity index (χ1v) is 13.5. The van der Waals surface area contributed by atoms with Gasteiger partial charge in [-0.1, -0.05) is 72.8 Å². The molecule has 210 valence electrons. The minimum Gasteiger partial charge on any atom is -0.492 e. The average molecular weight is 554 g/mol. The summed E-state index contributed by atoms with van der Waals surface area (Å²) >= 11 is 0. The monoisotopic (exact) mass is 553 g/mol. The fourth-order valence-electron chi connectivity index (χ4n) is 5.27. The molecule has 0 unspecified atom stereocenters. The van der Waals surface area contributed by atoms with Gasteiger partial charge in [0.2, 0.25) is 5.91 Å². The molecule has 1 saturated heterocycles. The molecule has 4 N–H and O–H groups in total. The first-order chi connectivity index (χ1) is 20.0. The van der Waals surface area contributed by atoms with Crippen molar-refractivity contribution in [1.82, 2.24) is 10.2 Å². The van der Waals surface area contributed by atoms with E-state index in [0.717, 1.165) is 11.1 Å². The molecule has 2 amide bonds. The van der Waals surface area contributed by atoms with E-state index in [0.29, 0.717) is 30.0 Å². The lowest BCUT2D eigenvalue weighted by Crippen LogP contribution is -2.51. The molecule has 0 aliphatic carbocycles. The third-order valence-electron chi connectivity index (χ3n) is 7.33. The Morgan fingerprint density at radius 1 is 0.902 bits per heavy atom. The van der Waals surface area contributed by atoms with Gasteiger partial charge < -0.3 is 25.8 Å². The fourth-order valence-corrected chi connectivity index (χ4v) is 5.27. The van der Waals surface area contributed by atoms with Crippen LogP contribution in [0.3, 0.4) is 0 Å². The van der Waals surface area contributed by atoms with Crippen LogP contribution in [0.15, 0.2) is 109 Å². The van der Waals surface area contributed by atoms with Gasteiger partial charge in [0.1, 0.15) is 24.2 Å². The number of aliphatic hydroxyl groups is 1. The largest absolute Gasteiger partial charge is 0.492 e. The van der Waals surface area contributed by atoms with Gasteiger partial charge in [-0.25, -0.2) is 4.39 Å². The van der Waals surface area contributed by atoms with Crippen LogP contribution in [0.1, 0.15) is 39.0 Å². The number of benzene rings is 4. The molecule has 1 aliphatic rings. The summed E-state index contributed by atoms with van der Waals surface area (Å²) in [4.78, 5) is 29.2. The number of nitrogens with zero attached hydrogens (tertiary/aromatic N) is 1. The van der Waals surface area contributed by atoms with Crippen LogP contribution in [0.4, 0.5) is 4.39 Å². The van der Waals surface area contributed by atoms with Crippen molar-refractivity contribution in [2.45, 2.75) is 24.1 Å². The molecule has 41 heavy (non-hydrogen) atoms. The molecule has 8 heteroatoms. The second kappa shape index (κ2) is 12.8. The van der Waals surface area contributed by atoms with Crippen LogP contribution < -0.4 is 15.8 Å². The van der Waals surface area contributed by atoms with Gasteiger partial charge in [0.15, 0.2) is 0 Å². The molecule has 0 spiro atoms. The van der Waals surface area contributed by atoms with Gasteiger partial charge in [-0.3, -0.25) is 9.59 Å². The number of amides is 2. The number of nitrogens with two attached hydrogens (primary N) is 1. The number of carbonyl (C=O) groups is 2. The zero-order chi connectivity index (χ0) is 28.8.